The topological polar surface area (TPSA) is 54.9 Å². The number of halogens is 1. The second-order valence-electron chi connectivity index (χ2n) is 5.02. The molecule has 1 aromatic heterocycles. The number of amides is 1. The highest BCUT2D eigenvalue weighted by Gasteiger charge is 2.11. The Morgan fingerprint density at radius 2 is 1.95 bits per heavy atom. The minimum absolute atomic E-state index is 0.0873. The monoisotopic (exact) mass is 319 g/mol. The number of nitrogens with one attached hydrogen (secondary N) is 1. The molecule has 116 valence electrons. The van der Waals surface area contributed by atoms with Gasteiger partial charge in [-0.05, 0) is 44.5 Å². The van der Waals surface area contributed by atoms with Gasteiger partial charge < -0.3 is 5.32 Å². The number of thioether (sulfide) groups is 1. The van der Waals surface area contributed by atoms with E-state index in [-0.39, 0.29) is 23.5 Å². The summed E-state index contributed by atoms with van der Waals surface area (Å²) in [5.41, 5.74) is 1.75. The van der Waals surface area contributed by atoms with Gasteiger partial charge in [0.25, 0.3) is 0 Å². The zero-order valence-corrected chi connectivity index (χ0v) is 13.6. The molecule has 0 aliphatic carbocycles. The molecule has 1 aromatic carbocycles. The van der Waals surface area contributed by atoms with Crippen LogP contribution in [0, 0.1) is 19.7 Å². The highest BCUT2D eigenvalue weighted by atomic mass is 32.2. The molecule has 4 nitrogen and oxygen atoms in total. The van der Waals surface area contributed by atoms with E-state index in [1.165, 1.54) is 23.9 Å². The number of hydrogen-bond acceptors (Lipinski definition) is 4. The molecular formula is C16H18FN3OS. The Bertz CT molecular complexity index is 641. The lowest BCUT2D eigenvalue weighted by molar-refractivity contribution is -0.119. The third kappa shape index (κ3) is 4.80. The first-order valence-electron chi connectivity index (χ1n) is 6.94. The first-order chi connectivity index (χ1) is 10.4. The molecule has 1 atom stereocenters. The van der Waals surface area contributed by atoms with E-state index in [9.17, 15) is 9.18 Å². The van der Waals surface area contributed by atoms with Crippen LogP contribution in [0.4, 0.5) is 4.39 Å². The molecule has 0 saturated heterocycles. The summed E-state index contributed by atoms with van der Waals surface area (Å²) in [5.74, 6) is 0.604. The van der Waals surface area contributed by atoms with Crippen molar-refractivity contribution in [1.29, 1.82) is 0 Å². The van der Waals surface area contributed by atoms with Gasteiger partial charge >= 0.3 is 0 Å². The van der Waals surface area contributed by atoms with Gasteiger partial charge in [0.2, 0.25) is 5.91 Å². The van der Waals surface area contributed by atoms with E-state index in [1.807, 2.05) is 26.8 Å². The van der Waals surface area contributed by atoms with E-state index in [0.717, 1.165) is 16.3 Å². The number of hydrogen-bond donors (Lipinski definition) is 1. The first-order valence-corrected chi connectivity index (χ1v) is 7.92. The Kier molecular flexibility index (Phi) is 5.49. The van der Waals surface area contributed by atoms with Crippen LogP contribution in [-0.2, 0) is 4.79 Å². The Hall–Kier alpha value is -1.95. The molecule has 1 heterocycles. The zero-order chi connectivity index (χ0) is 16.1. The summed E-state index contributed by atoms with van der Waals surface area (Å²) in [7, 11) is 0. The normalized spacial score (nSPS) is 12.0. The highest BCUT2D eigenvalue weighted by molar-refractivity contribution is 7.99. The molecule has 0 aliphatic heterocycles. The van der Waals surface area contributed by atoms with Gasteiger partial charge in [-0.1, -0.05) is 23.9 Å². The van der Waals surface area contributed by atoms with Crippen LogP contribution in [0.5, 0.6) is 0 Å². The molecule has 2 aromatic rings. The van der Waals surface area contributed by atoms with Gasteiger partial charge in [0.1, 0.15) is 16.7 Å². The number of aryl methyl sites for hydroxylation is 2. The lowest BCUT2D eigenvalue weighted by atomic mass is 10.1. The zero-order valence-electron chi connectivity index (χ0n) is 12.8. The summed E-state index contributed by atoms with van der Waals surface area (Å²) in [6.07, 6.45) is 0. The van der Waals surface area contributed by atoms with Gasteiger partial charge in [-0.3, -0.25) is 4.79 Å². The van der Waals surface area contributed by atoms with E-state index in [4.69, 9.17) is 0 Å². The minimum atomic E-state index is -0.285. The second kappa shape index (κ2) is 7.35. The predicted octanol–water partition coefficient (Wildman–Crippen LogP) is 3.20. The molecule has 0 saturated carbocycles. The van der Waals surface area contributed by atoms with Gasteiger partial charge in [0.15, 0.2) is 0 Å². The molecule has 0 radical (unpaired) electrons. The third-order valence-corrected chi connectivity index (χ3v) is 3.95. The quantitative estimate of drug-likeness (QED) is 0.679. The lowest BCUT2D eigenvalue weighted by Gasteiger charge is -2.14. The molecular weight excluding hydrogens is 301 g/mol. The predicted molar refractivity (Wildman–Crippen MR) is 85.2 cm³/mol. The van der Waals surface area contributed by atoms with Gasteiger partial charge in [0, 0.05) is 5.69 Å². The summed E-state index contributed by atoms with van der Waals surface area (Å²) < 4.78 is 12.9. The SMILES string of the molecule is Cc1cc(SCC(=O)NC(C)c2ccc(F)cc2)nc(C)n1. The number of benzene rings is 1. The van der Waals surface area contributed by atoms with E-state index < -0.39 is 0 Å². The average Bonchev–Trinajstić information content (AvgIpc) is 2.45. The van der Waals surface area contributed by atoms with Crippen molar-refractivity contribution < 1.29 is 9.18 Å². The maximum absolute atomic E-state index is 12.9. The van der Waals surface area contributed by atoms with Gasteiger partial charge in [-0.15, -0.1) is 0 Å². The molecule has 6 heteroatoms. The third-order valence-electron chi connectivity index (χ3n) is 3.04. The van der Waals surface area contributed by atoms with E-state index in [0.29, 0.717) is 5.82 Å². The maximum Gasteiger partial charge on any atom is 0.230 e. The van der Waals surface area contributed by atoms with Crippen molar-refractivity contribution in [2.24, 2.45) is 0 Å². The van der Waals surface area contributed by atoms with Crippen molar-refractivity contribution in [2.45, 2.75) is 31.8 Å². The van der Waals surface area contributed by atoms with Crippen LogP contribution in [0.15, 0.2) is 35.4 Å². The first kappa shape index (κ1) is 16.4. The van der Waals surface area contributed by atoms with Crippen LogP contribution in [0.25, 0.3) is 0 Å². The highest BCUT2D eigenvalue weighted by Crippen LogP contribution is 2.17. The van der Waals surface area contributed by atoms with Crippen LogP contribution in [-0.4, -0.2) is 21.6 Å². The van der Waals surface area contributed by atoms with Crippen LogP contribution in [0.3, 0.4) is 0 Å². The summed E-state index contributed by atoms with van der Waals surface area (Å²) in [4.78, 5) is 20.5. The van der Waals surface area contributed by atoms with Crippen molar-refractivity contribution >= 4 is 17.7 Å². The smallest absolute Gasteiger partial charge is 0.230 e. The van der Waals surface area contributed by atoms with Crippen molar-refractivity contribution in [3.05, 3.63) is 53.2 Å². The summed E-state index contributed by atoms with van der Waals surface area (Å²) in [5, 5.41) is 3.68. The second-order valence-corrected chi connectivity index (χ2v) is 6.02. The molecule has 0 fully saturated rings. The number of carbonyl (C=O) groups excluding carboxylic acids is 1. The fourth-order valence-corrected chi connectivity index (χ4v) is 2.83. The fourth-order valence-electron chi connectivity index (χ4n) is 2.01. The average molecular weight is 319 g/mol. The molecule has 2 rings (SSSR count). The van der Waals surface area contributed by atoms with E-state index >= 15 is 0 Å². The molecule has 0 spiro atoms. The number of aromatic nitrogens is 2. The van der Waals surface area contributed by atoms with Gasteiger partial charge in [-0.2, -0.15) is 0 Å². The molecule has 0 aliphatic rings. The Morgan fingerprint density at radius 1 is 1.27 bits per heavy atom. The largest absolute Gasteiger partial charge is 0.349 e. The fraction of sp³-hybridized carbons (Fsp3) is 0.312. The van der Waals surface area contributed by atoms with Crippen LogP contribution < -0.4 is 5.32 Å². The molecule has 0 bridgehead atoms. The van der Waals surface area contributed by atoms with E-state index in [2.05, 4.69) is 15.3 Å². The molecule has 22 heavy (non-hydrogen) atoms. The number of carbonyl (C=O) groups is 1. The molecule has 1 amide bonds. The van der Waals surface area contributed by atoms with Crippen molar-refractivity contribution in [3.63, 3.8) is 0 Å². The molecule has 1 unspecified atom stereocenters. The summed E-state index contributed by atoms with van der Waals surface area (Å²) in [6.45, 7) is 5.60. The Labute approximate surface area is 133 Å². The lowest BCUT2D eigenvalue weighted by Crippen LogP contribution is -2.28. The number of nitrogens with zero attached hydrogens (tertiary/aromatic N) is 2. The summed E-state index contributed by atoms with van der Waals surface area (Å²) in [6, 6.07) is 7.81. The van der Waals surface area contributed by atoms with Gasteiger partial charge in [-0.25, -0.2) is 14.4 Å². The van der Waals surface area contributed by atoms with Crippen molar-refractivity contribution in [3.8, 4) is 0 Å². The van der Waals surface area contributed by atoms with Crippen molar-refractivity contribution in [1.82, 2.24) is 15.3 Å². The van der Waals surface area contributed by atoms with Gasteiger partial charge in [0.05, 0.1) is 11.8 Å². The Balaban J connectivity index is 1.88. The standard InChI is InChI=1S/C16H18FN3OS/c1-10-8-16(20-12(3)18-10)22-9-15(21)19-11(2)13-4-6-14(17)7-5-13/h4-8,11H,9H2,1-3H3,(H,19,21). The van der Waals surface area contributed by atoms with Crippen LogP contribution in [0.2, 0.25) is 0 Å². The van der Waals surface area contributed by atoms with E-state index in [1.54, 1.807) is 12.1 Å². The van der Waals surface area contributed by atoms with Crippen LogP contribution >= 0.6 is 11.8 Å². The van der Waals surface area contributed by atoms with Crippen molar-refractivity contribution in [2.75, 3.05) is 5.75 Å². The summed E-state index contributed by atoms with van der Waals surface area (Å²) >= 11 is 1.37. The molecule has 1 N–H and O–H groups in total. The van der Waals surface area contributed by atoms with Crippen LogP contribution in [0.1, 0.15) is 30.0 Å². The number of rotatable bonds is 5. The maximum atomic E-state index is 12.9. The Morgan fingerprint density at radius 3 is 2.59 bits per heavy atom. The minimum Gasteiger partial charge on any atom is -0.349 e.